The van der Waals surface area contributed by atoms with Crippen LogP contribution in [0.5, 0.6) is 11.5 Å². The molecule has 0 saturated carbocycles. The summed E-state index contributed by atoms with van der Waals surface area (Å²) in [5.41, 5.74) is 12.0. The van der Waals surface area contributed by atoms with Crippen LogP contribution in [0.1, 0.15) is 102 Å². The molecule has 0 spiro atoms. The zero-order valence-corrected chi connectivity index (χ0v) is 46.5. The van der Waals surface area contributed by atoms with Gasteiger partial charge in [-0.1, -0.05) is 61.4 Å². The summed E-state index contributed by atoms with van der Waals surface area (Å²) in [6.45, 7) is 3.08. The van der Waals surface area contributed by atoms with Gasteiger partial charge in [0, 0.05) is 72.6 Å². The van der Waals surface area contributed by atoms with Gasteiger partial charge in [0.2, 0.25) is 0 Å². The molecule has 4 unspecified atom stereocenters. The van der Waals surface area contributed by atoms with Crippen LogP contribution in [0.15, 0.2) is 78.0 Å². The number of nitrogens with one attached hydrogen (secondary N) is 3. The van der Waals surface area contributed by atoms with Crippen molar-refractivity contribution in [1.82, 2.24) is 35.5 Å². The second kappa shape index (κ2) is 30.2. The SMILES string of the molecule is COC(=O)C(CCCCCP(=O)(O)OC[C@H]1O[C@@H](n2ccc(N)nc2=O)[C@H](O)C1O)NCc1c(CO)cnc(C)c1O.COC(=O)C(CCCCNC(=O)OCC1c2ccccc2-c2ccccc21)NCc1c(CO)cnc(C)c1O. The molecule has 5 aromatic rings. The van der Waals surface area contributed by atoms with Gasteiger partial charge in [0.25, 0.3) is 0 Å². The molecule has 1 aliphatic carbocycles. The number of anilines is 1. The molecule has 0 bridgehead atoms. The molecular formula is C55H73N8O17P. The number of amides is 1. The topological polar surface area (TPSA) is 379 Å². The number of nitrogen functional groups attached to an aromatic ring is 1. The van der Waals surface area contributed by atoms with Crippen LogP contribution in [0.3, 0.4) is 0 Å². The maximum absolute atomic E-state index is 12.6. The summed E-state index contributed by atoms with van der Waals surface area (Å²) in [6, 6.07) is 16.4. The number of alkyl carbamates (subject to hydrolysis) is 1. The Morgan fingerprint density at radius 2 is 1.30 bits per heavy atom. The standard InChI is InChI=1S/C30H35N3O6.C25H38N5O11P/c1-19-28(35)25(20(17-34)15-32-19)16-33-27(29(36)38-2)13-7-8-14-31-30(37)39-18-26-23-11-5-3-9-21(23)22-10-4-6-12-24(22)26;1-14-20(32)16(15(12-31)10-27-14)11-28-17(24(35)39-2)6-4-3-5-9-42(37,38)40-13-18-21(33)22(34)23(41-18)30-8-7-19(26)29-25(30)36/h3-6,9-12,15,26-27,33-35H,7-8,13-14,16-18H2,1-2H3,(H,31,37);7-8,10,17-18,21-23,28,31-34H,3-6,9,11-13H2,1-2H3,(H,37,38)(H2,26,29,36)/t;17?,18-,21?,22-,23-/m.1/s1. The number of aromatic nitrogens is 4. The molecular weight excluding hydrogens is 1080 g/mol. The molecule has 3 aromatic heterocycles. The van der Waals surface area contributed by atoms with Gasteiger partial charge in [0.05, 0.1) is 45.4 Å². The molecule has 7 rings (SSSR count). The molecule has 1 fully saturated rings. The van der Waals surface area contributed by atoms with E-state index in [0.717, 1.165) is 15.7 Å². The van der Waals surface area contributed by atoms with Crippen LogP contribution in [-0.2, 0) is 63.9 Å². The van der Waals surface area contributed by atoms with Crippen LogP contribution in [-0.4, -0.2) is 144 Å². The quantitative estimate of drug-likeness (QED) is 0.0155. The lowest BCUT2D eigenvalue weighted by molar-refractivity contribution is -0.144. The molecule has 81 heavy (non-hydrogen) atoms. The number of esters is 2. The third kappa shape index (κ3) is 16.8. The second-order valence-corrected chi connectivity index (χ2v) is 21.4. The number of fused-ring (bicyclic) bond motifs is 3. The first-order chi connectivity index (χ1) is 38.8. The van der Waals surface area contributed by atoms with Crippen molar-refractivity contribution < 1.29 is 78.0 Å². The van der Waals surface area contributed by atoms with Gasteiger partial charge in [0.1, 0.15) is 54.3 Å². The molecule has 0 radical (unpaired) electrons. The third-order valence-corrected chi connectivity index (χ3v) is 15.5. The number of benzene rings is 2. The zero-order valence-electron chi connectivity index (χ0n) is 45.6. The number of nitrogens with two attached hydrogens (primary N) is 1. The summed E-state index contributed by atoms with van der Waals surface area (Å²) in [7, 11) is -1.52. The molecule has 2 aliphatic rings. The minimum atomic E-state index is -4.09. The Morgan fingerprint density at radius 3 is 1.81 bits per heavy atom. The van der Waals surface area contributed by atoms with Gasteiger partial charge in [0.15, 0.2) is 6.23 Å². The fourth-order valence-corrected chi connectivity index (χ4v) is 10.6. The number of aryl methyl sites for hydroxylation is 2. The van der Waals surface area contributed by atoms with Gasteiger partial charge in [-0.3, -0.25) is 28.7 Å². The van der Waals surface area contributed by atoms with E-state index in [-0.39, 0.29) is 68.7 Å². The normalized spacial score (nSPS) is 17.9. The highest BCUT2D eigenvalue weighted by molar-refractivity contribution is 7.52. The number of aliphatic hydroxyl groups is 4. The number of aromatic hydroxyl groups is 2. The van der Waals surface area contributed by atoms with Crippen molar-refractivity contribution in [1.29, 1.82) is 0 Å². The smallest absolute Gasteiger partial charge is 0.407 e. The van der Waals surface area contributed by atoms with Gasteiger partial charge in [-0.25, -0.2) is 9.59 Å². The van der Waals surface area contributed by atoms with Crippen molar-refractivity contribution >= 4 is 31.4 Å². The zero-order chi connectivity index (χ0) is 58.8. The molecule has 1 amide bonds. The van der Waals surface area contributed by atoms with Crippen LogP contribution in [0.4, 0.5) is 10.6 Å². The number of methoxy groups -OCH3 is 2. The highest BCUT2D eigenvalue weighted by Crippen LogP contribution is 2.45. The van der Waals surface area contributed by atoms with Crippen LogP contribution >= 0.6 is 7.60 Å². The van der Waals surface area contributed by atoms with Crippen LogP contribution in [0.25, 0.3) is 11.1 Å². The fraction of sp³-hybridized carbons (Fsp3) is 0.473. The molecule has 2 aromatic carbocycles. The van der Waals surface area contributed by atoms with Crippen LogP contribution < -0.4 is 27.4 Å². The lowest BCUT2D eigenvalue weighted by atomic mass is 9.98. The van der Waals surface area contributed by atoms with E-state index >= 15 is 0 Å². The average Bonchev–Trinajstić information content (AvgIpc) is 4.14. The number of unbranched alkanes of at least 4 members (excludes halogenated alkanes) is 3. The molecule has 4 heterocycles. The molecule has 26 heteroatoms. The van der Waals surface area contributed by atoms with Crippen molar-refractivity contribution in [3.63, 3.8) is 0 Å². The first-order valence-electron chi connectivity index (χ1n) is 26.4. The van der Waals surface area contributed by atoms with Crippen molar-refractivity contribution in [2.24, 2.45) is 0 Å². The van der Waals surface area contributed by atoms with Crippen molar-refractivity contribution in [3.8, 4) is 22.6 Å². The van der Waals surface area contributed by atoms with Gasteiger partial charge in [-0.15, -0.1) is 0 Å². The predicted molar refractivity (Wildman–Crippen MR) is 293 cm³/mol. The summed E-state index contributed by atoms with van der Waals surface area (Å²) in [5.74, 6) is -1.05. The lowest BCUT2D eigenvalue weighted by Gasteiger charge is -2.19. The largest absolute Gasteiger partial charge is 0.506 e. The number of ether oxygens (including phenoxy) is 4. The fourth-order valence-electron chi connectivity index (χ4n) is 9.50. The lowest BCUT2D eigenvalue weighted by Crippen LogP contribution is -2.37. The van der Waals surface area contributed by atoms with E-state index in [1.807, 2.05) is 24.3 Å². The van der Waals surface area contributed by atoms with Gasteiger partial charge in [-0.2, -0.15) is 4.98 Å². The van der Waals surface area contributed by atoms with Gasteiger partial charge in [-0.05, 0) is 74.3 Å². The number of pyridine rings is 2. The molecule has 25 nitrogen and oxygen atoms in total. The van der Waals surface area contributed by atoms with Gasteiger partial charge >= 0.3 is 31.3 Å². The van der Waals surface area contributed by atoms with E-state index in [4.69, 9.17) is 29.2 Å². The number of nitrogens with zero attached hydrogens (tertiary/aromatic N) is 4. The summed E-state index contributed by atoms with van der Waals surface area (Å²) in [6.07, 6.45) is 1.39. The minimum absolute atomic E-state index is 0.00464. The highest BCUT2D eigenvalue weighted by Gasteiger charge is 2.45. The number of carbonyl (C=O) groups excluding carboxylic acids is 3. The molecule has 1 saturated heterocycles. The predicted octanol–water partition coefficient (Wildman–Crippen LogP) is 3.37. The molecule has 12 N–H and O–H groups in total. The van der Waals surface area contributed by atoms with E-state index in [0.29, 0.717) is 78.7 Å². The number of aliphatic hydroxyl groups excluding tert-OH is 4. The number of carbonyl (C=O) groups is 3. The maximum atomic E-state index is 12.6. The Bertz CT molecular complexity index is 2990. The first kappa shape index (κ1) is 63.3. The van der Waals surface area contributed by atoms with E-state index in [1.165, 1.54) is 50.0 Å². The Morgan fingerprint density at radius 1 is 0.765 bits per heavy atom. The van der Waals surface area contributed by atoms with E-state index in [9.17, 15) is 59.3 Å². The van der Waals surface area contributed by atoms with Crippen molar-refractivity contribution in [3.05, 3.63) is 128 Å². The molecule has 7 atom stereocenters. The van der Waals surface area contributed by atoms with Gasteiger partial charge < -0.3 is 80.7 Å². The van der Waals surface area contributed by atoms with E-state index in [2.05, 4.69) is 55.2 Å². The average molecular weight is 1150 g/mol. The molecule has 1 aliphatic heterocycles. The third-order valence-electron chi connectivity index (χ3n) is 14.1. The summed E-state index contributed by atoms with van der Waals surface area (Å²) < 4.78 is 39.5. The number of rotatable bonds is 27. The van der Waals surface area contributed by atoms with Crippen LogP contribution in [0.2, 0.25) is 0 Å². The number of hydrogen-bond donors (Lipinski definition) is 11. The van der Waals surface area contributed by atoms with E-state index in [1.54, 1.807) is 13.8 Å². The Balaban J connectivity index is 0.000000261. The molecule has 440 valence electrons. The Labute approximate surface area is 468 Å². The summed E-state index contributed by atoms with van der Waals surface area (Å²) in [4.78, 5) is 70.9. The van der Waals surface area contributed by atoms with Crippen molar-refractivity contribution in [2.45, 2.75) is 128 Å². The minimum Gasteiger partial charge on any atom is -0.506 e. The Kier molecular flexibility index (Phi) is 23.6. The maximum Gasteiger partial charge on any atom is 0.407 e. The summed E-state index contributed by atoms with van der Waals surface area (Å²) >= 11 is 0. The van der Waals surface area contributed by atoms with Crippen molar-refractivity contribution in [2.75, 3.05) is 45.9 Å². The van der Waals surface area contributed by atoms with E-state index < -0.39 is 74.5 Å². The Hall–Kier alpha value is -6.90. The first-order valence-corrected chi connectivity index (χ1v) is 28.2. The number of hydrogen-bond acceptors (Lipinski definition) is 22. The summed E-state index contributed by atoms with van der Waals surface area (Å²) in [5, 5.41) is 69.3. The monoisotopic (exact) mass is 1150 g/mol. The second-order valence-electron chi connectivity index (χ2n) is 19.5. The highest BCUT2D eigenvalue weighted by atomic mass is 31.2. The van der Waals surface area contributed by atoms with Crippen LogP contribution in [0, 0.1) is 13.8 Å².